The van der Waals surface area contributed by atoms with Crippen molar-refractivity contribution in [2.45, 2.75) is 46.3 Å². The van der Waals surface area contributed by atoms with Gasteiger partial charge in [0.25, 0.3) is 0 Å². The molecule has 0 unspecified atom stereocenters. The Morgan fingerprint density at radius 3 is 2.32 bits per heavy atom. The molecule has 0 saturated heterocycles. The van der Waals surface area contributed by atoms with Crippen molar-refractivity contribution >= 4 is 5.97 Å². The second-order valence-electron chi connectivity index (χ2n) is 5.73. The molecule has 1 heterocycles. The molecule has 2 aromatic rings. The van der Waals surface area contributed by atoms with Crippen molar-refractivity contribution in [3.8, 4) is 5.75 Å². The predicted octanol–water partition coefficient (Wildman–Crippen LogP) is 4.55. The molecule has 0 aliphatic heterocycles. The lowest BCUT2D eigenvalue weighted by atomic mass is 10.0. The minimum Gasteiger partial charge on any atom is -0.486 e. The van der Waals surface area contributed by atoms with E-state index in [1.54, 1.807) is 26.0 Å². The molecule has 1 aromatic heterocycles. The molecule has 0 amide bonds. The number of carbonyl (C=O) groups is 1. The van der Waals surface area contributed by atoms with Crippen LogP contribution < -0.4 is 4.74 Å². The fraction of sp³-hybridized carbons (Fsp3) is 0.389. The van der Waals surface area contributed by atoms with E-state index < -0.39 is 5.97 Å². The second-order valence-corrected chi connectivity index (χ2v) is 5.73. The SMILES string of the molecule is CC(C)OC(=O)c1ccc(COc2ccc(C(C)C)cc2)o1. The van der Waals surface area contributed by atoms with Gasteiger partial charge in [-0.05, 0) is 49.6 Å². The Bertz CT molecular complexity index is 608. The van der Waals surface area contributed by atoms with Crippen LogP contribution in [0.3, 0.4) is 0 Å². The van der Waals surface area contributed by atoms with Gasteiger partial charge in [0, 0.05) is 0 Å². The summed E-state index contributed by atoms with van der Waals surface area (Å²) in [6, 6.07) is 11.3. The lowest BCUT2D eigenvalue weighted by Crippen LogP contribution is -2.10. The van der Waals surface area contributed by atoms with Crippen molar-refractivity contribution in [2.75, 3.05) is 0 Å². The predicted molar refractivity (Wildman–Crippen MR) is 84.1 cm³/mol. The molecule has 1 aromatic carbocycles. The monoisotopic (exact) mass is 302 g/mol. The molecule has 4 nitrogen and oxygen atoms in total. The van der Waals surface area contributed by atoms with Gasteiger partial charge in [-0.15, -0.1) is 0 Å². The molecule has 0 aliphatic rings. The Balaban J connectivity index is 1.92. The van der Waals surface area contributed by atoms with Gasteiger partial charge in [-0.1, -0.05) is 26.0 Å². The van der Waals surface area contributed by atoms with Crippen molar-refractivity contribution in [3.05, 3.63) is 53.5 Å². The summed E-state index contributed by atoms with van der Waals surface area (Å²) >= 11 is 0. The lowest BCUT2D eigenvalue weighted by Gasteiger charge is -2.08. The van der Waals surface area contributed by atoms with E-state index in [2.05, 4.69) is 13.8 Å². The molecule has 0 atom stereocenters. The summed E-state index contributed by atoms with van der Waals surface area (Å²) < 4.78 is 16.2. The van der Waals surface area contributed by atoms with Crippen LogP contribution in [0.4, 0.5) is 0 Å². The average Bonchev–Trinajstić information content (AvgIpc) is 2.94. The molecule has 4 heteroatoms. The normalized spacial score (nSPS) is 11.0. The van der Waals surface area contributed by atoms with E-state index in [9.17, 15) is 4.79 Å². The first-order valence-electron chi connectivity index (χ1n) is 7.48. The molecule has 118 valence electrons. The summed E-state index contributed by atoms with van der Waals surface area (Å²) in [6.07, 6.45) is -0.170. The van der Waals surface area contributed by atoms with Gasteiger partial charge < -0.3 is 13.9 Å². The Morgan fingerprint density at radius 2 is 1.73 bits per heavy atom. The maximum Gasteiger partial charge on any atom is 0.374 e. The minimum atomic E-state index is -0.456. The van der Waals surface area contributed by atoms with Crippen molar-refractivity contribution in [1.29, 1.82) is 0 Å². The molecular weight excluding hydrogens is 280 g/mol. The summed E-state index contributed by atoms with van der Waals surface area (Å²) in [6.45, 7) is 8.17. The van der Waals surface area contributed by atoms with Crippen LogP contribution in [0.5, 0.6) is 5.75 Å². The van der Waals surface area contributed by atoms with Crippen LogP contribution in [-0.2, 0) is 11.3 Å². The standard InChI is InChI=1S/C18H22O4/c1-12(2)14-5-7-15(8-6-14)20-11-16-9-10-17(22-16)18(19)21-13(3)4/h5-10,12-13H,11H2,1-4H3. The topological polar surface area (TPSA) is 48.7 Å². The summed E-state index contributed by atoms with van der Waals surface area (Å²) in [5.74, 6) is 1.59. The largest absolute Gasteiger partial charge is 0.486 e. The van der Waals surface area contributed by atoms with Gasteiger partial charge >= 0.3 is 5.97 Å². The summed E-state index contributed by atoms with van der Waals surface area (Å²) in [5, 5.41) is 0. The molecular formula is C18H22O4. The lowest BCUT2D eigenvalue weighted by molar-refractivity contribution is 0.0337. The quantitative estimate of drug-likeness (QED) is 0.735. The van der Waals surface area contributed by atoms with Gasteiger partial charge in [-0.25, -0.2) is 4.79 Å². The van der Waals surface area contributed by atoms with Crippen molar-refractivity contribution in [3.63, 3.8) is 0 Å². The number of benzene rings is 1. The van der Waals surface area contributed by atoms with E-state index in [0.29, 0.717) is 11.7 Å². The maximum atomic E-state index is 11.7. The van der Waals surface area contributed by atoms with Crippen LogP contribution in [0.15, 0.2) is 40.8 Å². The fourth-order valence-electron chi connectivity index (χ4n) is 1.94. The third kappa shape index (κ3) is 4.38. The van der Waals surface area contributed by atoms with Crippen LogP contribution in [0.1, 0.15) is 55.5 Å². The van der Waals surface area contributed by atoms with E-state index in [4.69, 9.17) is 13.9 Å². The molecule has 0 spiro atoms. The first kappa shape index (κ1) is 16.1. The molecule has 0 N–H and O–H groups in total. The number of ether oxygens (including phenoxy) is 2. The van der Waals surface area contributed by atoms with Gasteiger partial charge in [-0.2, -0.15) is 0 Å². The van der Waals surface area contributed by atoms with Gasteiger partial charge in [-0.3, -0.25) is 0 Å². The van der Waals surface area contributed by atoms with Crippen molar-refractivity contribution in [2.24, 2.45) is 0 Å². The van der Waals surface area contributed by atoms with Gasteiger partial charge in [0.15, 0.2) is 0 Å². The van der Waals surface area contributed by atoms with Crippen LogP contribution in [0.25, 0.3) is 0 Å². The summed E-state index contributed by atoms with van der Waals surface area (Å²) in [4.78, 5) is 11.7. The minimum absolute atomic E-state index is 0.170. The van der Waals surface area contributed by atoms with E-state index in [1.165, 1.54) is 5.56 Å². The highest BCUT2D eigenvalue weighted by molar-refractivity contribution is 5.86. The zero-order chi connectivity index (χ0) is 16.1. The molecule has 0 radical (unpaired) electrons. The Morgan fingerprint density at radius 1 is 1.05 bits per heavy atom. The van der Waals surface area contributed by atoms with E-state index in [1.807, 2.05) is 24.3 Å². The number of hydrogen-bond donors (Lipinski definition) is 0. The highest BCUT2D eigenvalue weighted by Crippen LogP contribution is 2.20. The smallest absolute Gasteiger partial charge is 0.374 e. The van der Waals surface area contributed by atoms with E-state index in [-0.39, 0.29) is 18.5 Å². The molecule has 0 fully saturated rings. The summed E-state index contributed by atoms with van der Waals surface area (Å²) in [7, 11) is 0. The van der Waals surface area contributed by atoms with Crippen LogP contribution in [0.2, 0.25) is 0 Å². The Labute approximate surface area is 131 Å². The third-order valence-electron chi connectivity index (χ3n) is 3.13. The highest BCUT2D eigenvalue weighted by atomic mass is 16.6. The molecule has 0 saturated carbocycles. The Kier molecular flexibility index (Phi) is 5.26. The van der Waals surface area contributed by atoms with E-state index in [0.717, 1.165) is 5.75 Å². The zero-order valence-electron chi connectivity index (χ0n) is 13.5. The van der Waals surface area contributed by atoms with Crippen LogP contribution in [0, 0.1) is 0 Å². The maximum absolute atomic E-state index is 11.7. The van der Waals surface area contributed by atoms with Crippen molar-refractivity contribution < 1.29 is 18.7 Å². The van der Waals surface area contributed by atoms with E-state index >= 15 is 0 Å². The number of esters is 1. The number of rotatable bonds is 6. The highest BCUT2D eigenvalue weighted by Gasteiger charge is 2.14. The van der Waals surface area contributed by atoms with Gasteiger partial charge in [0.05, 0.1) is 6.10 Å². The molecule has 0 aliphatic carbocycles. The number of carbonyl (C=O) groups excluding carboxylic acids is 1. The Hall–Kier alpha value is -2.23. The third-order valence-corrected chi connectivity index (χ3v) is 3.13. The van der Waals surface area contributed by atoms with Crippen molar-refractivity contribution in [1.82, 2.24) is 0 Å². The van der Waals surface area contributed by atoms with Crippen LogP contribution in [-0.4, -0.2) is 12.1 Å². The molecule has 22 heavy (non-hydrogen) atoms. The summed E-state index contributed by atoms with van der Waals surface area (Å²) in [5.41, 5.74) is 1.27. The average molecular weight is 302 g/mol. The first-order chi connectivity index (χ1) is 10.5. The fourth-order valence-corrected chi connectivity index (χ4v) is 1.94. The number of furan rings is 1. The first-order valence-corrected chi connectivity index (χ1v) is 7.48. The molecule has 2 rings (SSSR count). The van der Waals surface area contributed by atoms with Crippen LogP contribution >= 0.6 is 0 Å². The second kappa shape index (κ2) is 7.16. The van der Waals surface area contributed by atoms with Gasteiger partial charge in [0.2, 0.25) is 5.76 Å². The number of hydrogen-bond acceptors (Lipinski definition) is 4. The molecule has 0 bridgehead atoms. The zero-order valence-corrected chi connectivity index (χ0v) is 13.5. The van der Waals surface area contributed by atoms with Gasteiger partial charge in [0.1, 0.15) is 18.1 Å².